The second kappa shape index (κ2) is 3.25. The highest BCUT2D eigenvalue weighted by molar-refractivity contribution is 5.85. The molecule has 0 N–H and O–H groups in total. The van der Waals surface area contributed by atoms with Crippen LogP contribution in [0.15, 0.2) is 11.2 Å². The van der Waals surface area contributed by atoms with E-state index in [0.717, 1.165) is 11.3 Å². The predicted octanol–water partition coefficient (Wildman–Crippen LogP) is 0.735. The molecule has 0 radical (unpaired) electrons. The van der Waals surface area contributed by atoms with Crippen molar-refractivity contribution in [1.29, 1.82) is 0 Å². The third kappa shape index (κ3) is 1.30. The van der Waals surface area contributed by atoms with E-state index in [1.54, 1.807) is 24.4 Å². The minimum atomic E-state index is -0.102. The molecule has 0 atom stereocenters. The summed E-state index contributed by atoms with van der Waals surface area (Å²) in [6.07, 6.45) is 3.47. The van der Waals surface area contributed by atoms with Crippen molar-refractivity contribution in [3.8, 4) is 0 Å². The first-order valence-electron chi connectivity index (χ1n) is 4.56. The van der Waals surface area contributed by atoms with E-state index in [1.165, 1.54) is 4.68 Å². The number of fused-ring (bicyclic) bond motifs is 1. The maximum Gasteiger partial charge on any atom is 0.344 e. The van der Waals surface area contributed by atoms with E-state index in [1.807, 2.05) is 6.92 Å². The van der Waals surface area contributed by atoms with Crippen molar-refractivity contribution >= 4 is 12.2 Å². The van der Waals surface area contributed by atoms with Crippen LogP contribution in [-0.2, 0) is 6.54 Å². The summed E-state index contributed by atoms with van der Waals surface area (Å²) in [6.45, 7) is 3.19. The van der Waals surface area contributed by atoms with Gasteiger partial charge in [-0.25, -0.2) is 4.79 Å². The largest absolute Gasteiger partial charge is 0.344 e. The highest BCUT2D eigenvalue weighted by Crippen LogP contribution is 2.11. The van der Waals surface area contributed by atoms with E-state index in [9.17, 15) is 4.79 Å². The fourth-order valence-corrected chi connectivity index (χ4v) is 1.29. The average Bonchev–Trinajstić information content (AvgIpc) is 2.74. The molecule has 0 aliphatic carbocycles. The Labute approximate surface area is 82.0 Å². The molecule has 1 amide bonds. The monoisotopic (exact) mass is 192 g/mol. The van der Waals surface area contributed by atoms with Crippen LogP contribution in [0.1, 0.15) is 18.2 Å². The van der Waals surface area contributed by atoms with E-state index in [4.69, 9.17) is 0 Å². The number of aromatic nitrogens is 2. The van der Waals surface area contributed by atoms with E-state index in [2.05, 4.69) is 10.1 Å². The van der Waals surface area contributed by atoms with Crippen LogP contribution in [-0.4, -0.2) is 40.5 Å². The Morgan fingerprint density at radius 3 is 3.14 bits per heavy atom. The molecule has 2 rings (SSSR count). The standard InChI is InChI=1S/C9H12N4O/c1-3-12(2)9(14)13-6-7-4-10-5-8(7)11-13/h4,6H,3,5H2,1-2H3. The summed E-state index contributed by atoms with van der Waals surface area (Å²) in [5, 5.41) is 4.16. The number of nitrogens with zero attached hydrogens (tertiary/aromatic N) is 4. The van der Waals surface area contributed by atoms with Gasteiger partial charge in [0.1, 0.15) is 0 Å². The molecule has 1 aromatic rings. The van der Waals surface area contributed by atoms with Crippen LogP contribution < -0.4 is 0 Å². The summed E-state index contributed by atoms with van der Waals surface area (Å²) in [5.74, 6) is 0. The summed E-state index contributed by atoms with van der Waals surface area (Å²) >= 11 is 0. The molecule has 0 aromatic carbocycles. The van der Waals surface area contributed by atoms with Crippen molar-refractivity contribution in [1.82, 2.24) is 14.7 Å². The minimum absolute atomic E-state index is 0.102. The lowest BCUT2D eigenvalue weighted by atomic mass is 10.3. The molecule has 5 nitrogen and oxygen atoms in total. The lowest BCUT2D eigenvalue weighted by Crippen LogP contribution is -2.31. The minimum Gasteiger partial charge on any atom is -0.326 e. The second-order valence-corrected chi connectivity index (χ2v) is 3.24. The van der Waals surface area contributed by atoms with E-state index >= 15 is 0 Å². The Balaban J connectivity index is 2.25. The molecule has 2 heterocycles. The fourth-order valence-electron chi connectivity index (χ4n) is 1.29. The van der Waals surface area contributed by atoms with Crippen LogP contribution in [0.4, 0.5) is 4.79 Å². The summed E-state index contributed by atoms with van der Waals surface area (Å²) < 4.78 is 1.37. The molecule has 0 saturated heterocycles. The van der Waals surface area contributed by atoms with Crippen LogP contribution in [0.2, 0.25) is 0 Å². The van der Waals surface area contributed by atoms with Gasteiger partial charge in [0.2, 0.25) is 0 Å². The van der Waals surface area contributed by atoms with Crippen molar-refractivity contribution in [3.63, 3.8) is 0 Å². The van der Waals surface area contributed by atoms with Gasteiger partial charge in [-0.3, -0.25) is 4.99 Å². The Hall–Kier alpha value is -1.65. The number of hydrogen-bond acceptors (Lipinski definition) is 3. The van der Waals surface area contributed by atoms with Gasteiger partial charge in [0, 0.05) is 31.6 Å². The second-order valence-electron chi connectivity index (χ2n) is 3.24. The number of rotatable bonds is 1. The van der Waals surface area contributed by atoms with E-state index in [-0.39, 0.29) is 6.03 Å². The van der Waals surface area contributed by atoms with Gasteiger partial charge in [-0.1, -0.05) is 0 Å². The van der Waals surface area contributed by atoms with Gasteiger partial charge >= 0.3 is 6.03 Å². The smallest absolute Gasteiger partial charge is 0.326 e. The molecule has 0 saturated carbocycles. The van der Waals surface area contributed by atoms with Gasteiger partial charge in [0.05, 0.1) is 12.2 Å². The lowest BCUT2D eigenvalue weighted by Gasteiger charge is -2.13. The summed E-state index contributed by atoms with van der Waals surface area (Å²) in [6, 6.07) is -0.102. The molecule has 1 aromatic heterocycles. The van der Waals surface area contributed by atoms with Crippen molar-refractivity contribution in [2.24, 2.45) is 4.99 Å². The number of amides is 1. The first kappa shape index (κ1) is 8.93. The molecule has 5 heteroatoms. The highest BCUT2D eigenvalue weighted by Gasteiger charge is 2.16. The Bertz CT molecular complexity index is 394. The normalized spacial score (nSPS) is 13.0. The van der Waals surface area contributed by atoms with Crippen LogP contribution in [0.5, 0.6) is 0 Å². The average molecular weight is 192 g/mol. The van der Waals surface area contributed by atoms with Crippen LogP contribution >= 0.6 is 0 Å². The van der Waals surface area contributed by atoms with Gasteiger partial charge < -0.3 is 4.90 Å². The zero-order valence-electron chi connectivity index (χ0n) is 8.27. The van der Waals surface area contributed by atoms with Gasteiger partial charge in [-0.2, -0.15) is 9.78 Å². The SMILES string of the molecule is CCN(C)C(=O)n1cc2c(n1)CN=C2. The molecule has 0 unspecified atom stereocenters. The number of hydrogen-bond donors (Lipinski definition) is 0. The van der Waals surface area contributed by atoms with Gasteiger partial charge in [0.15, 0.2) is 0 Å². The molecular weight excluding hydrogens is 180 g/mol. The summed E-state index contributed by atoms with van der Waals surface area (Å²) in [5.41, 5.74) is 1.82. The summed E-state index contributed by atoms with van der Waals surface area (Å²) in [4.78, 5) is 17.3. The van der Waals surface area contributed by atoms with Gasteiger partial charge in [0.25, 0.3) is 0 Å². The van der Waals surface area contributed by atoms with Crippen LogP contribution in [0.3, 0.4) is 0 Å². The maximum atomic E-state index is 11.7. The summed E-state index contributed by atoms with van der Waals surface area (Å²) in [7, 11) is 1.75. The predicted molar refractivity (Wildman–Crippen MR) is 52.6 cm³/mol. The zero-order chi connectivity index (χ0) is 10.1. The molecule has 14 heavy (non-hydrogen) atoms. The molecule has 0 bridgehead atoms. The molecule has 1 aliphatic rings. The molecular formula is C9H12N4O. The number of aliphatic imine (C=N–C) groups is 1. The molecule has 0 spiro atoms. The zero-order valence-corrected chi connectivity index (χ0v) is 8.27. The molecule has 74 valence electrons. The third-order valence-corrected chi connectivity index (χ3v) is 2.29. The van der Waals surface area contributed by atoms with Crippen molar-refractivity contribution < 1.29 is 4.79 Å². The Kier molecular flexibility index (Phi) is 2.07. The molecule has 0 fully saturated rings. The quantitative estimate of drug-likeness (QED) is 0.658. The van der Waals surface area contributed by atoms with Gasteiger partial charge in [-0.15, -0.1) is 0 Å². The first-order chi connectivity index (χ1) is 6.72. The topological polar surface area (TPSA) is 50.5 Å². The number of carbonyl (C=O) groups is 1. The van der Waals surface area contributed by atoms with Crippen LogP contribution in [0.25, 0.3) is 0 Å². The Morgan fingerprint density at radius 2 is 2.50 bits per heavy atom. The first-order valence-corrected chi connectivity index (χ1v) is 4.56. The molecule has 1 aliphatic heterocycles. The highest BCUT2D eigenvalue weighted by atomic mass is 16.2. The lowest BCUT2D eigenvalue weighted by molar-refractivity contribution is 0.209. The van der Waals surface area contributed by atoms with E-state index in [0.29, 0.717) is 13.1 Å². The van der Waals surface area contributed by atoms with Gasteiger partial charge in [-0.05, 0) is 6.92 Å². The van der Waals surface area contributed by atoms with Crippen molar-refractivity contribution in [2.75, 3.05) is 13.6 Å². The van der Waals surface area contributed by atoms with Crippen molar-refractivity contribution in [3.05, 3.63) is 17.5 Å². The number of carbonyl (C=O) groups excluding carboxylic acids is 1. The maximum absolute atomic E-state index is 11.7. The fraction of sp³-hybridized carbons (Fsp3) is 0.444. The van der Waals surface area contributed by atoms with Crippen molar-refractivity contribution in [2.45, 2.75) is 13.5 Å². The van der Waals surface area contributed by atoms with Crippen LogP contribution in [0, 0.1) is 0 Å². The third-order valence-electron chi connectivity index (χ3n) is 2.29. The van der Waals surface area contributed by atoms with E-state index < -0.39 is 0 Å². The Morgan fingerprint density at radius 1 is 1.71 bits per heavy atom.